The Morgan fingerprint density at radius 2 is 1.96 bits per heavy atom. The number of pyridine rings is 1. The lowest BCUT2D eigenvalue weighted by Crippen LogP contribution is -2.05. The Morgan fingerprint density at radius 3 is 2.62 bits per heavy atom. The molecule has 0 atom stereocenters. The summed E-state index contributed by atoms with van der Waals surface area (Å²) in [5.74, 6) is 0.780. The number of methoxy groups -OCH3 is 1. The molecule has 0 N–H and O–H groups in total. The van der Waals surface area contributed by atoms with E-state index in [-0.39, 0.29) is 6.61 Å². The first-order chi connectivity index (χ1) is 11.7. The second-order valence-electron chi connectivity index (χ2n) is 5.17. The lowest BCUT2D eigenvalue weighted by Gasteiger charge is -2.02. The molecule has 0 aliphatic heterocycles. The maximum absolute atomic E-state index is 11.9. The van der Waals surface area contributed by atoms with Crippen LogP contribution in [0.3, 0.4) is 0 Å². The van der Waals surface area contributed by atoms with Crippen LogP contribution in [0.1, 0.15) is 21.8 Å². The monoisotopic (exact) mass is 324 g/mol. The van der Waals surface area contributed by atoms with Crippen molar-refractivity contribution in [3.05, 3.63) is 65.7 Å². The van der Waals surface area contributed by atoms with Crippen molar-refractivity contribution in [3.8, 4) is 17.0 Å². The number of aryl methyl sites for hydroxylation is 1. The molecule has 0 amide bonds. The third-order valence-electron chi connectivity index (χ3n) is 3.44. The largest absolute Gasteiger partial charge is 0.497 e. The highest BCUT2D eigenvalue weighted by molar-refractivity contribution is 5.88. The lowest BCUT2D eigenvalue weighted by atomic mass is 10.1. The van der Waals surface area contributed by atoms with Gasteiger partial charge in [0.05, 0.1) is 12.7 Å². The average Bonchev–Trinajstić information content (AvgIpc) is 3.09. The minimum Gasteiger partial charge on any atom is -0.497 e. The van der Waals surface area contributed by atoms with Gasteiger partial charge < -0.3 is 14.0 Å². The summed E-state index contributed by atoms with van der Waals surface area (Å²) >= 11 is 0. The zero-order valence-electron chi connectivity index (χ0n) is 13.4. The van der Waals surface area contributed by atoms with Crippen molar-refractivity contribution in [3.63, 3.8) is 0 Å². The van der Waals surface area contributed by atoms with E-state index in [2.05, 4.69) is 10.1 Å². The SMILES string of the molecule is COc1ccc(-c2cc(COC(=O)c3ccc(C)nc3)on2)cc1. The molecule has 0 spiro atoms. The van der Waals surface area contributed by atoms with Crippen molar-refractivity contribution in [2.45, 2.75) is 13.5 Å². The van der Waals surface area contributed by atoms with Crippen LogP contribution < -0.4 is 4.74 Å². The minimum atomic E-state index is -0.454. The van der Waals surface area contributed by atoms with Crippen molar-refractivity contribution >= 4 is 5.97 Å². The van der Waals surface area contributed by atoms with Crippen LogP contribution in [0.25, 0.3) is 11.3 Å². The predicted octanol–water partition coefficient (Wildman–Crippen LogP) is 3.41. The topological polar surface area (TPSA) is 74.5 Å². The third-order valence-corrected chi connectivity index (χ3v) is 3.44. The number of carbonyl (C=O) groups excluding carboxylic acids is 1. The van der Waals surface area contributed by atoms with Crippen LogP contribution in [0.4, 0.5) is 0 Å². The van der Waals surface area contributed by atoms with E-state index >= 15 is 0 Å². The summed E-state index contributed by atoms with van der Waals surface area (Å²) in [6.07, 6.45) is 1.49. The van der Waals surface area contributed by atoms with Crippen LogP contribution in [0.15, 0.2) is 53.2 Å². The number of aromatic nitrogens is 2. The first kappa shape index (κ1) is 15.7. The van der Waals surface area contributed by atoms with Gasteiger partial charge >= 0.3 is 5.97 Å². The van der Waals surface area contributed by atoms with Crippen molar-refractivity contribution in [2.75, 3.05) is 7.11 Å². The molecule has 0 saturated heterocycles. The Bertz CT molecular complexity index is 823. The Morgan fingerprint density at radius 1 is 1.17 bits per heavy atom. The summed E-state index contributed by atoms with van der Waals surface area (Å²) in [6.45, 7) is 1.86. The zero-order chi connectivity index (χ0) is 16.9. The van der Waals surface area contributed by atoms with Crippen LogP contribution in [0.2, 0.25) is 0 Å². The average molecular weight is 324 g/mol. The summed E-state index contributed by atoms with van der Waals surface area (Å²) in [4.78, 5) is 16.0. The van der Waals surface area contributed by atoms with Gasteiger partial charge in [0, 0.05) is 23.5 Å². The van der Waals surface area contributed by atoms with Crippen molar-refractivity contribution < 1.29 is 18.8 Å². The summed E-state index contributed by atoms with van der Waals surface area (Å²) in [5, 5.41) is 3.98. The number of benzene rings is 1. The van der Waals surface area contributed by atoms with E-state index in [0.29, 0.717) is 17.0 Å². The number of ether oxygens (including phenoxy) is 2. The molecule has 2 heterocycles. The highest BCUT2D eigenvalue weighted by Gasteiger charge is 2.11. The molecule has 0 bridgehead atoms. The Balaban J connectivity index is 1.63. The number of carbonyl (C=O) groups is 1. The molecule has 0 unspecified atom stereocenters. The van der Waals surface area contributed by atoms with Crippen molar-refractivity contribution in [1.82, 2.24) is 10.1 Å². The first-order valence-corrected chi connectivity index (χ1v) is 7.35. The highest BCUT2D eigenvalue weighted by atomic mass is 16.5. The van der Waals surface area contributed by atoms with Gasteiger partial charge in [-0.25, -0.2) is 4.79 Å². The van der Waals surface area contributed by atoms with Crippen LogP contribution in [0, 0.1) is 6.92 Å². The second-order valence-corrected chi connectivity index (χ2v) is 5.17. The Kier molecular flexibility index (Phi) is 4.56. The van der Waals surface area contributed by atoms with Crippen LogP contribution in [0.5, 0.6) is 5.75 Å². The second kappa shape index (κ2) is 6.95. The molecule has 3 aromatic rings. The van der Waals surface area contributed by atoms with E-state index in [4.69, 9.17) is 14.0 Å². The van der Waals surface area contributed by atoms with E-state index in [1.165, 1.54) is 6.20 Å². The van der Waals surface area contributed by atoms with Crippen molar-refractivity contribution in [2.24, 2.45) is 0 Å². The quantitative estimate of drug-likeness (QED) is 0.670. The number of hydrogen-bond acceptors (Lipinski definition) is 6. The fourth-order valence-electron chi connectivity index (χ4n) is 2.09. The molecule has 0 aliphatic carbocycles. The van der Waals surface area contributed by atoms with E-state index in [1.54, 1.807) is 25.3 Å². The normalized spacial score (nSPS) is 10.4. The maximum Gasteiger partial charge on any atom is 0.340 e. The number of nitrogens with zero attached hydrogens (tertiary/aromatic N) is 2. The molecule has 24 heavy (non-hydrogen) atoms. The van der Waals surface area contributed by atoms with E-state index in [1.807, 2.05) is 31.2 Å². The molecule has 0 saturated carbocycles. The van der Waals surface area contributed by atoms with Gasteiger partial charge in [0.15, 0.2) is 12.4 Å². The molecule has 3 rings (SSSR count). The summed E-state index contributed by atoms with van der Waals surface area (Å²) in [6, 6.07) is 12.6. The zero-order valence-corrected chi connectivity index (χ0v) is 13.4. The van der Waals surface area contributed by atoms with Crippen molar-refractivity contribution in [1.29, 1.82) is 0 Å². The number of rotatable bonds is 5. The lowest BCUT2D eigenvalue weighted by molar-refractivity contribution is 0.0437. The smallest absolute Gasteiger partial charge is 0.340 e. The minimum absolute atomic E-state index is 0.00979. The molecule has 0 aliphatic rings. The van der Waals surface area contributed by atoms with Gasteiger partial charge in [-0.15, -0.1) is 0 Å². The van der Waals surface area contributed by atoms with Gasteiger partial charge in [0.25, 0.3) is 0 Å². The molecular weight excluding hydrogens is 308 g/mol. The molecule has 1 aromatic carbocycles. The molecule has 0 radical (unpaired) electrons. The summed E-state index contributed by atoms with van der Waals surface area (Å²) < 4.78 is 15.5. The molecule has 2 aromatic heterocycles. The molecule has 6 nitrogen and oxygen atoms in total. The van der Waals surface area contributed by atoms with Gasteiger partial charge in [-0.05, 0) is 43.3 Å². The molecule has 0 fully saturated rings. The van der Waals surface area contributed by atoms with Gasteiger partial charge in [0.2, 0.25) is 0 Å². The highest BCUT2D eigenvalue weighted by Crippen LogP contribution is 2.22. The molecule has 122 valence electrons. The maximum atomic E-state index is 11.9. The summed E-state index contributed by atoms with van der Waals surface area (Å²) in [7, 11) is 1.61. The van der Waals surface area contributed by atoms with Crippen LogP contribution in [-0.4, -0.2) is 23.2 Å². The van der Waals surface area contributed by atoms with Crippen LogP contribution in [-0.2, 0) is 11.3 Å². The standard InChI is InChI=1S/C18H16N2O4/c1-12-3-4-14(10-19-12)18(21)23-11-16-9-17(20-24-16)13-5-7-15(22-2)8-6-13/h3-10H,11H2,1-2H3. The van der Waals surface area contributed by atoms with Gasteiger partial charge in [-0.3, -0.25) is 4.98 Å². The van der Waals surface area contributed by atoms with Gasteiger partial charge in [0.1, 0.15) is 11.4 Å². The molecule has 6 heteroatoms. The predicted molar refractivity (Wildman–Crippen MR) is 86.6 cm³/mol. The summed E-state index contributed by atoms with van der Waals surface area (Å²) in [5.41, 5.74) is 2.79. The van der Waals surface area contributed by atoms with E-state index in [9.17, 15) is 4.79 Å². The van der Waals surface area contributed by atoms with Gasteiger partial charge in [-0.2, -0.15) is 0 Å². The number of esters is 1. The molecular formula is C18H16N2O4. The van der Waals surface area contributed by atoms with E-state index < -0.39 is 5.97 Å². The first-order valence-electron chi connectivity index (χ1n) is 7.35. The van der Waals surface area contributed by atoms with Gasteiger partial charge in [-0.1, -0.05) is 5.16 Å². The fraction of sp³-hybridized carbons (Fsp3) is 0.167. The fourth-order valence-corrected chi connectivity index (χ4v) is 2.09. The Labute approximate surface area is 139 Å². The number of hydrogen-bond donors (Lipinski definition) is 0. The Hall–Kier alpha value is -3.15. The van der Waals surface area contributed by atoms with Crippen LogP contribution >= 0.6 is 0 Å². The third kappa shape index (κ3) is 3.60. The van der Waals surface area contributed by atoms with E-state index in [0.717, 1.165) is 17.0 Å².